The summed E-state index contributed by atoms with van der Waals surface area (Å²) in [7, 11) is 0. The molecule has 0 heterocycles. The molecule has 33 heavy (non-hydrogen) atoms. The average Bonchev–Trinajstić information content (AvgIpc) is 2.76. The maximum Gasteiger partial charge on any atom is 0.317 e. The number of amides is 1. The van der Waals surface area contributed by atoms with Crippen LogP contribution in [0.4, 0.5) is 11.4 Å². The van der Waals surface area contributed by atoms with E-state index >= 15 is 0 Å². The molecule has 0 bridgehead atoms. The number of hydrogen-bond acceptors (Lipinski definition) is 8. The number of esters is 1. The molecule has 2 rings (SSSR count). The number of hydrogen-bond donors (Lipinski definition) is 3. The van der Waals surface area contributed by atoms with Crippen molar-refractivity contribution in [2.24, 2.45) is 5.92 Å². The third-order valence-electron chi connectivity index (χ3n) is 4.94. The number of benzene rings is 2. The van der Waals surface area contributed by atoms with Gasteiger partial charge in [-0.3, -0.25) is 24.0 Å². The van der Waals surface area contributed by atoms with Gasteiger partial charge in [0.15, 0.2) is 17.3 Å². The number of ether oxygens (including phenoxy) is 1. The highest BCUT2D eigenvalue weighted by Gasteiger charge is 2.37. The van der Waals surface area contributed by atoms with E-state index in [1.807, 2.05) is 0 Å². The number of para-hydroxylation sites is 2. The summed E-state index contributed by atoms with van der Waals surface area (Å²) >= 11 is 0. The molecule has 0 aliphatic carbocycles. The second kappa shape index (κ2) is 11.6. The maximum absolute atomic E-state index is 13.3. The van der Waals surface area contributed by atoms with Crippen molar-refractivity contribution in [3.05, 3.63) is 59.7 Å². The van der Waals surface area contributed by atoms with E-state index in [0.29, 0.717) is 0 Å². The first kappa shape index (κ1) is 25.3. The summed E-state index contributed by atoms with van der Waals surface area (Å²) in [6.07, 6.45) is -0.964. The first-order valence-electron chi connectivity index (χ1n) is 10.4. The number of nitrogens with one attached hydrogen (secondary N) is 1. The fourth-order valence-corrected chi connectivity index (χ4v) is 3.35. The van der Waals surface area contributed by atoms with Gasteiger partial charge in [-0.15, -0.1) is 0 Å². The van der Waals surface area contributed by atoms with Crippen LogP contribution in [0.5, 0.6) is 0 Å². The van der Waals surface area contributed by atoms with Crippen LogP contribution < -0.4 is 16.8 Å². The predicted molar refractivity (Wildman–Crippen MR) is 122 cm³/mol. The molecule has 2 unspecified atom stereocenters. The van der Waals surface area contributed by atoms with Gasteiger partial charge in [-0.25, -0.2) is 0 Å². The number of anilines is 2. The minimum atomic E-state index is -1.53. The Hall–Kier alpha value is -4.01. The van der Waals surface area contributed by atoms with Crippen LogP contribution in [-0.4, -0.2) is 41.9 Å². The summed E-state index contributed by atoms with van der Waals surface area (Å²) in [4.78, 5) is 63.3. The van der Waals surface area contributed by atoms with Crippen molar-refractivity contribution in [1.82, 2.24) is 5.32 Å². The molecule has 0 saturated heterocycles. The van der Waals surface area contributed by atoms with E-state index in [9.17, 15) is 24.0 Å². The van der Waals surface area contributed by atoms with Gasteiger partial charge >= 0.3 is 5.97 Å². The third-order valence-corrected chi connectivity index (χ3v) is 4.94. The highest BCUT2D eigenvalue weighted by Crippen LogP contribution is 2.21. The van der Waals surface area contributed by atoms with Gasteiger partial charge in [0.25, 0.3) is 0 Å². The number of rotatable bonds is 11. The fourth-order valence-electron chi connectivity index (χ4n) is 3.35. The molecule has 5 N–H and O–H groups in total. The number of nitrogens with two attached hydrogens (primary N) is 2. The first-order valence-corrected chi connectivity index (χ1v) is 10.4. The van der Waals surface area contributed by atoms with Crippen LogP contribution in [0.3, 0.4) is 0 Å². The Morgan fingerprint density at radius 2 is 1.33 bits per heavy atom. The Morgan fingerprint density at radius 1 is 0.848 bits per heavy atom. The van der Waals surface area contributed by atoms with Crippen LogP contribution in [0.15, 0.2) is 48.5 Å². The zero-order valence-corrected chi connectivity index (χ0v) is 18.5. The van der Waals surface area contributed by atoms with Crippen molar-refractivity contribution in [3.63, 3.8) is 0 Å². The second-order valence-electron chi connectivity index (χ2n) is 7.39. The summed E-state index contributed by atoms with van der Waals surface area (Å²) in [6, 6.07) is 11.2. The van der Waals surface area contributed by atoms with E-state index in [2.05, 4.69) is 5.32 Å². The van der Waals surface area contributed by atoms with Crippen molar-refractivity contribution >= 4 is 40.6 Å². The Bertz CT molecular complexity index is 1070. The summed E-state index contributed by atoms with van der Waals surface area (Å²) in [5.74, 6) is -4.89. The second-order valence-corrected chi connectivity index (χ2v) is 7.39. The van der Waals surface area contributed by atoms with Gasteiger partial charge < -0.3 is 21.5 Å². The van der Waals surface area contributed by atoms with E-state index in [1.165, 1.54) is 31.2 Å². The number of carbonyl (C=O) groups is 5. The molecule has 0 spiro atoms. The summed E-state index contributed by atoms with van der Waals surface area (Å²) in [5.41, 5.74) is 12.4. The molecule has 174 valence electrons. The van der Waals surface area contributed by atoms with Crippen molar-refractivity contribution in [2.45, 2.75) is 32.7 Å². The lowest BCUT2D eigenvalue weighted by atomic mass is 9.88. The third kappa shape index (κ3) is 6.73. The van der Waals surface area contributed by atoms with Gasteiger partial charge in [0.2, 0.25) is 5.91 Å². The van der Waals surface area contributed by atoms with E-state index in [1.54, 1.807) is 31.2 Å². The average molecular weight is 453 g/mol. The van der Waals surface area contributed by atoms with Gasteiger partial charge in [-0.05, 0) is 31.2 Å². The van der Waals surface area contributed by atoms with Crippen LogP contribution in [0.25, 0.3) is 0 Å². The standard InChI is InChI=1S/C24H27N3O6/c1-3-33-24(32)17(12-21(29)15-8-4-6-10-18(15)25)23(31)20(27-14(2)28)13-22(30)16-9-5-7-11-19(16)26/h4-11,17,20H,3,12-13,25-26H2,1-2H3,(H,27,28). The molecule has 9 nitrogen and oxygen atoms in total. The lowest BCUT2D eigenvalue weighted by molar-refractivity contribution is -0.152. The quantitative estimate of drug-likeness (QED) is 0.201. The van der Waals surface area contributed by atoms with Crippen molar-refractivity contribution in [1.29, 1.82) is 0 Å². The molecule has 0 saturated carbocycles. The molecule has 0 aromatic heterocycles. The zero-order valence-electron chi connectivity index (χ0n) is 18.5. The molecular weight excluding hydrogens is 426 g/mol. The van der Waals surface area contributed by atoms with Crippen LogP contribution in [0.2, 0.25) is 0 Å². The summed E-state index contributed by atoms with van der Waals surface area (Å²) < 4.78 is 5.00. The Labute approximate surface area is 191 Å². The summed E-state index contributed by atoms with van der Waals surface area (Å²) in [6.45, 7) is 2.72. The normalized spacial score (nSPS) is 12.3. The Kier molecular flexibility index (Phi) is 8.85. The zero-order chi connectivity index (χ0) is 24.5. The van der Waals surface area contributed by atoms with Gasteiger partial charge in [-0.2, -0.15) is 0 Å². The molecule has 2 aromatic carbocycles. The highest BCUT2D eigenvalue weighted by atomic mass is 16.5. The predicted octanol–water partition coefficient (Wildman–Crippen LogP) is 1.95. The molecule has 9 heteroatoms. The van der Waals surface area contributed by atoms with Crippen molar-refractivity contribution in [2.75, 3.05) is 18.1 Å². The lowest BCUT2D eigenvalue weighted by Crippen LogP contribution is -2.46. The van der Waals surface area contributed by atoms with Crippen LogP contribution in [0, 0.1) is 5.92 Å². The molecule has 2 aromatic rings. The largest absolute Gasteiger partial charge is 0.465 e. The minimum absolute atomic E-state index is 0.0193. The van der Waals surface area contributed by atoms with Gasteiger partial charge in [0.1, 0.15) is 5.92 Å². The number of ketones is 3. The van der Waals surface area contributed by atoms with E-state index in [-0.39, 0.29) is 29.1 Å². The van der Waals surface area contributed by atoms with Crippen LogP contribution >= 0.6 is 0 Å². The number of nitrogen functional groups attached to an aromatic ring is 2. The Morgan fingerprint density at radius 3 is 1.79 bits per heavy atom. The fraction of sp³-hybridized carbons (Fsp3) is 0.292. The minimum Gasteiger partial charge on any atom is -0.465 e. The number of carbonyl (C=O) groups excluding carboxylic acids is 5. The first-order chi connectivity index (χ1) is 15.6. The van der Waals surface area contributed by atoms with E-state index in [0.717, 1.165) is 0 Å². The van der Waals surface area contributed by atoms with Crippen LogP contribution in [-0.2, 0) is 19.1 Å². The topological polar surface area (TPSA) is 159 Å². The van der Waals surface area contributed by atoms with Crippen molar-refractivity contribution < 1.29 is 28.7 Å². The van der Waals surface area contributed by atoms with Gasteiger partial charge in [-0.1, -0.05) is 24.3 Å². The smallest absolute Gasteiger partial charge is 0.317 e. The molecule has 0 aliphatic heterocycles. The lowest BCUT2D eigenvalue weighted by Gasteiger charge is -2.22. The van der Waals surface area contributed by atoms with E-state index in [4.69, 9.17) is 16.2 Å². The number of Topliss-reactive ketones (excluding diaryl/α,β-unsaturated/α-hetero) is 3. The molecule has 0 radical (unpaired) electrons. The summed E-state index contributed by atoms with van der Waals surface area (Å²) in [5, 5.41) is 2.41. The Balaban J connectivity index is 2.34. The molecular formula is C24H27N3O6. The monoisotopic (exact) mass is 453 g/mol. The highest BCUT2D eigenvalue weighted by molar-refractivity contribution is 6.11. The van der Waals surface area contributed by atoms with Crippen molar-refractivity contribution in [3.8, 4) is 0 Å². The molecule has 0 aliphatic rings. The molecule has 2 atom stereocenters. The van der Waals surface area contributed by atoms with Crippen LogP contribution in [0.1, 0.15) is 47.4 Å². The SMILES string of the molecule is CCOC(=O)C(CC(=O)c1ccccc1N)C(=O)C(CC(=O)c1ccccc1N)NC(C)=O. The van der Waals surface area contributed by atoms with E-state index < -0.39 is 54.0 Å². The molecule has 1 amide bonds. The van der Waals surface area contributed by atoms with Gasteiger partial charge in [0, 0.05) is 42.3 Å². The molecule has 0 fully saturated rings. The maximum atomic E-state index is 13.3. The van der Waals surface area contributed by atoms with Gasteiger partial charge in [0.05, 0.1) is 12.6 Å².